The molecule has 29 heavy (non-hydrogen) atoms. The van der Waals surface area contributed by atoms with Crippen molar-refractivity contribution in [2.75, 3.05) is 18.5 Å². The predicted octanol–water partition coefficient (Wildman–Crippen LogP) is 1.66. The smallest absolute Gasteiger partial charge is 0.408 e. The number of alkyl halides is 3. The standard InChI is InChI=1S/C17H16F3N7O2/c18-17(19,20)8-27-16(23-9-24-27)12-7-26-3-4-29-13-5-10(22-6-14(21)28)1-2-11(13)15(26)25-12/h1-2,5,7,9,22H,3-4,6,8H2,(H2,21,28). The summed E-state index contributed by atoms with van der Waals surface area (Å²) in [6.45, 7) is -0.482. The Morgan fingerprint density at radius 1 is 1.31 bits per heavy atom. The van der Waals surface area contributed by atoms with Crippen molar-refractivity contribution in [3.05, 3.63) is 30.7 Å². The Balaban J connectivity index is 1.69. The second kappa shape index (κ2) is 7.11. The van der Waals surface area contributed by atoms with Crippen LogP contribution in [0.5, 0.6) is 5.75 Å². The summed E-state index contributed by atoms with van der Waals surface area (Å²) in [4.78, 5) is 19.4. The zero-order valence-corrected chi connectivity index (χ0v) is 15.0. The molecule has 2 aromatic heterocycles. The number of carbonyl (C=O) groups is 1. The highest BCUT2D eigenvalue weighted by Gasteiger charge is 2.31. The average molecular weight is 407 g/mol. The van der Waals surface area contributed by atoms with E-state index in [1.165, 1.54) is 0 Å². The Morgan fingerprint density at radius 3 is 2.90 bits per heavy atom. The maximum absolute atomic E-state index is 12.8. The highest BCUT2D eigenvalue weighted by Crippen LogP contribution is 2.35. The molecule has 3 heterocycles. The topological polar surface area (TPSA) is 113 Å². The van der Waals surface area contributed by atoms with E-state index in [9.17, 15) is 18.0 Å². The number of imidazole rings is 1. The molecular weight excluding hydrogens is 391 g/mol. The number of primary amides is 1. The van der Waals surface area contributed by atoms with Crippen molar-refractivity contribution >= 4 is 11.6 Å². The number of fused-ring (bicyclic) bond motifs is 3. The summed E-state index contributed by atoms with van der Waals surface area (Å²) < 4.78 is 46.7. The molecule has 3 N–H and O–H groups in total. The van der Waals surface area contributed by atoms with E-state index in [0.717, 1.165) is 11.0 Å². The minimum Gasteiger partial charge on any atom is -0.491 e. The highest BCUT2D eigenvalue weighted by molar-refractivity contribution is 5.79. The molecule has 0 radical (unpaired) electrons. The molecule has 0 spiro atoms. The molecule has 152 valence electrons. The number of rotatable bonds is 5. The lowest BCUT2D eigenvalue weighted by molar-refractivity contribution is -0.142. The van der Waals surface area contributed by atoms with E-state index in [4.69, 9.17) is 10.5 Å². The zero-order valence-electron chi connectivity index (χ0n) is 15.0. The largest absolute Gasteiger partial charge is 0.491 e. The van der Waals surface area contributed by atoms with Crippen LogP contribution in [0, 0.1) is 0 Å². The minimum absolute atomic E-state index is 0.0214. The minimum atomic E-state index is -4.42. The fourth-order valence-corrected chi connectivity index (χ4v) is 3.04. The van der Waals surface area contributed by atoms with Crippen LogP contribution >= 0.6 is 0 Å². The van der Waals surface area contributed by atoms with E-state index in [2.05, 4.69) is 20.4 Å². The molecule has 3 aromatic rings. The predicted molar refractivity (Wildman–Crippen MR) is 95.9 cm³/mol. The van der Waals surface area contributed by atoms with Crippen LogP contribution in [0.2, 0.25) is 0 Å². The van der Waals surface area contributed by atoms with Crippen molar-refractivity contribution in [3.63, 3.8) is 0 Å². The second-order valence-corrected chi connectivity index (χ2v) is 6.38. The van der Waals surface area contributed by atoms with Gasteiger partial charge in [-0.2, -0.15) is 18.3 Å². The van der Waals surface area contributed by atoms with Gasteiger partial charge in [0.2, 0.25) is 5.91 Å². The molecule has 0 bridgehead atoms. The van der Waals surface area contributed by atoms with Gasteiger partial charge in [-0.15, -0.1) is 0 Å². The molecule has 4 rings (SSSR count). The van der Waals surface area contributed by atoms with Crippen LogP contribution in [0.3, 0.4) is 0 Å². The van der Waals surface area contributed by atoms with Crippen molar-refractivity contribution < 1.29 is 22.7 Å². The molecule has 1 aliphatic heterocycles. The summed E-state index contributed by atoms with van der Waals surface area (Å²) in [5, 5.41) is 6.54. The van der Waals surface area contributed by atoms with Gasteiger partial charge in [0.25, 0.3) is 0 Å². The molecule has 1 aliphatic rings. The Bertz CT molecular complexity index is 1060. The van der Waals surface area contributed by atoms with Crippen LogP contribution in [-0.4, -0.2) is 49.6 Å². The van der Waals surface area contributed by atoms with Gasteiger partial charge in [-0.3, -0.25) is 4.79 Å². The van der Waals surface area contributed by atoms with Gasteiger partial charge in [0.15, 0.2) is 5.82 Å². The van der Waals surface area contributed by atoms with E-state index < -0.39 is 18.6 Å². The molecule has 0 aliphatic carbocycles. The fraction of sp³-hybridized carbons (Fsp3) is 0.294. The number of anilines is 1. The van der Waals surface area contributed by atoms with Crippen LogP contribution in [0.25, 0.3) is 22.9 Å². The Kier molecular flexibility index (Phi) is 4.60. The Morgan fingerprint density at radius 2 is 2.14 bits per heavy atom. The molecule has 12 heteroatoms. The molecule has 0 saturated heterocycles. The van der Waals surface area contributed by atoms with Gasteiger partial charge in [-0.25, -0.2) is 14.6 Å². The first-order valence-electron chi connectivity index (χ1n) is 8.62. The SMILES string of the molecule is NC(=O)CNc1ccc2c(c1)OCCn1cc(-c3ncnn3CC(F)(F)F)nc1-2. The van der Waals surface area contributed by atoms with Gasteiger partial charge in [0, 0.05) is 18.0 Å². The fourth-order valence-electron chi connectivity index (χ4n) is 3.04. The summed E-state index contributed by atoms with van der Waals surface area (Å²) in [5.41, 5.74) is 6.73. The van der Waals surface area contributed by atoms with Gasteiger partial charge in [-0.1, -0.05) is 0 Å². The number of benzene rings is 1. The third-order valence-electron chi connectivity index (χ3n) is 4.23. The third kappa shape index (κ3) is 4.00. The summed E-state index contributed by atoms with van der Waals surface area (Å²) in [6.07, 6.45) is -1.72. The van der Waals surface area contributed by atoms with Crippen LogP contribution in [-0.2, 0) is 17.9 Å². The van der Waals surface area contributed by atoms with Crippen molar-refractivity contribution in [1.82, 2.24) is 24.3 Å². The second-order valence-electron chi connectivity index (χ2n) is 6.38. The molecule has 1 amide bonds. The van der Waals surface area contributed by atoms with Gasteiger partial charge < -0.3 is 20.4 Å². The maximum atomic E-state index is 12.8. The first-order chi connectivity index (χ1) is 13.8. The molecule has 0 fully saturated rings. The summed E-state index contributed by atoms with van der Waals surface area (Å²) in [6, 6.07) is 5.21. The van der Waals surface area contributed by atoms with Crippen molar-refractivity contribution in [1.29, 1.82) is 0 Å². The number of aromatic nitrogens is 5. The summed E-state index contributed by atoms with van der Waals surface area (Å²) in [5.74, 6) is 0.608. The Labute approximate surface area is 162 Å². The molecule has 0 unspecified atom stereocenters. The van der Waals surface area contributed by atoms with E-state index in [1.54, 1.807) is 29.0 Å². The quantitative estimate of drug-likeness (QED) is 0.665. The van der Waals surface area contributed by atoms with E-state index in [0.29, 0.717) is 36.0 Å². The van der Waals surface area contributed by atoms with E-state index in [-0.39, 0.29) is 18.1 Å². The first kappa shape index (κ1) is 18.8. The van der Waals surface area contributed by atoms with Gasteiger partial charge >= 0.3 is 6.18 Å². The zero-order chi connectivity index (χ0) is 20.6. The average Bonchev–Trinajstić information content (AvgIpc) is 3.22. The maximum Gasteiger partial charge on any atom is 0.408 e. The molecule has 1 aromatic carbocycles. The number of hydrogen-bond donors (Lipinski definition) is 2. The lowest BCUT2D eigenvalue weighted by Crippen LogP contribution is -2.21. The number of nitrogens with two attached hydrogens (primary N) is 1. The monoisotopic (exact) mass is 407 g/mol. The van der Waals surface area contributed by atoms with Crippen LogP contribution < -0.4 is 15.8 Å². The van der Waals surface area contributed by atoms with E-state index >= 15 is 0 Å². The normalized spacial score (nSPS) is 13.2. The van der Waals surface area contributed by atoms with Crippen molar-refractivity contribution in [2.24, 2.45) is 5.73 Å². The number of hydrogen-bond acceptors (Lipinski definition) is 6. The lowest BCUT2D eigenvalue weighted by atomic mass is 10.1. The number of nitrogens with one attached hydrogen (secondary N) is 1. The molecule has 0 atom stereocenters. The third-order valence-corrected chi connectivity index (χ3v) is 4.23. The number of halogens is 3. The van der Waals surface area contributed by atoms with Crippen molar-refractivity contribution in [2.45, 2.75) is 19.3 Å². The summed E-state index contributed by atoms with van der Waals surface area (Å²) >= 11 is 0. The van der Waals surface area contributed by atoms with Crippen molar-refractivity contribution in [3.8, 4) is 28.7 Å². The van der Waals surface area contributed by atoms with Gasteiger partial charge in [0.05, 0.1) is 18.7 Å². The molecular formula is C17H16F3N7O2. The number of amides is 1. The van der Waals surface area contributed by atoms with Gasteiger partial charge in [-0.05, 0) is 12.1 Å². The highest BCUT2D eigenvalue weighted by atomic mass is 19.4. The Hall–Kier alpha value is -3.57. The van der Waals surface area contributed by atoms with Gasteiger partial charge in [0.1, 0.15) is 36.7 Å². The number of carbonyl (C=O) groups excluding carboxylic acids is 1. The van der Waals surface area contributed by atoms with Crippen LogP contribution in [0.1, 0.15) is 0 Å². The lowest BCUT2D eigenvalue weighted by Gasteiger charge is -2.10. The van der Waals surface area contributed by atoms with E-state index in [1.807, 2.05) is 0 Å². The van der Waals surface area contributed by atoms with Crippen LogP contribution in [0.4, 0.5) is 18.9 Å². The van der Waals surface area contributed by atoms with Crippen LogP contribution in [0.15, 0.2) is 30.7 Å². The first-order valence-corrected chi connectivity index (χ1v) is 8.62. The number of ether oxygens (including phenoxy) is 1. The summed E-state index contributed by atoms with van der Waals surface area (Å²) in [7, 11) is 0. The number of nitrogens with zero attached hydrogens (tertiary/aromatic N) is 5. The molecule has 9 nitrogen and oxygen atoms in total. The molecule has 0 saturated carbocycles.